The molecule has 2 atom stereocenters. The van der Waals surface area contributed by atoms with Crippen molar-refractivity contribution in [3.05, 3.63) is 142 Å². The van der Waals surface area contributed by atoms with Crippen molar-refractivity contribution in [1.82, 2.24) is 4.57 Å². The topological polar surface area (TPSA) is 4.93 Å². The summed E-state index contributed by atoms with van der Waals surface area (Å²) >= 11 is 6.35. The molecular formula is C33H25ClF3N. The molecule has 0 N–H and O–H groups in total. The molecule has 0 amide bonds. The molecule has 38 heavy (non-hydrogen) atoms. The van der Waals surface area contributed by atoms with Crippen LogP contribution in [-0.2, 0) is 17.1 Å². The van der Waals surface area contributed by atoms with Crippen molar-refractivity contribution in [3.63, 3.8) is 0 Å². The van der Waals surface area contributed by atoms with Gasteiger partial charge in [0.1, 0.15) is 5.54 Å². The first-order chi connectivity index (χ1) is 18.3. The number of allylic oxidation sites excluding steroid dienone is 6. The standard InChI is InChI=1S/C33H25ClF3N/c1-21-11-13-24(14-12-21)32(23-8-4-2-5-9-23)28-10-6-3-7-19-31(28,22-15-16-22)30-29(33(35,36)37)26-20-25(34)17-18-27(26)38(30)32/h2-14,17-20,22H,15-16H2,1H3. The van der Waals surface area contributed by atoms with Gasteiger partial charge in [0.2, 0.25) is 0 Å². The number of aromatic nitrogens is 1. The van der Waals surface area contributed by atoms with Crippen molar-refractivity contribution < 1.29 is 13.2 Å². The molecule has 5 heteroatoms. The highest BCUT2D eigenvalue weighted by Gasteiger charge is 2.65. The van der Waals surface area contributed by atoms with Crippen molar-refractivity contribution >= 4 is 22.5 Å². The molecular weight excluding hydrogens is 503 g/mol. The third kappa shape index (κ3) is 3.01. The fourth-order valence-electron chi connectivity index (χ4n) is 6.99. The van der Waals surface area contributed by atoms with Gasteiger partial charge in [-0.25, -0.2) is 0 Å². The minimum absolute atomic E-state index is 0.0700. The summed E-state index contributed by atoms with van der Waals surface area (Å²) in [5.41, 5.74) is 2.31. The average Bonchev–Trinajstić information content (AvgIpc) is 3.68. The minimum Gasteiger partial charge on any atom is -0.325 e. The Kier molecular flexibility index (Phi) is 4.97. The van der Waals surface area contributed by atoms with E-state index in [2.05, 4.69) is 18.2 Å². The molecule has 7 rings (SSSR count). The summed E-state index contributed by atoms with van der Waals surface area (Å²) in [7, 11) is 0. The van der Waals surface area contributed by atoms with E-state index in [-0.39, 0.29) is 11.3 Å². The van der Waals surface area contributed by atoms with Gasteiger partial charge in [0, 0.05) is 16.1 Å². The van der Waals surface area contributed by atoms with Gasteiger partial charge in [-0.2, -0.15) is 13.2 Å². The van der Waals surface area contributed by atoms with E-state index in [1.165, 1.54) is 6.07 Å². The van der Waals surface area contributed by atoms with Gasteiger partial charge in [-0.05, 0) is 60.6 Å². The van der Waals surface area contributed by atoms with E-state index in [0.717, 1.165) is 35.1 Å². The van der Waals surface area contributed by atoms with Crippen LogP contribution in [-0.4, -0.2) is 4.57 Å². The van der Waals surface area contributed by atoms with Gasteiger partial charge in [0.25, 0.3) is 0 Å². The van der Waals surface area contributed by atoms with E-state index in [1.54, 1.807) is 12.1 Å². The molecule has 2 unspecified atom stereocenters. The molecule has 1 aliphatic heterocycles. The van der Waals surface area contributed by atoms with E-state index < -0.39 is 22.7 Å². The van der Waals surface area contributed by atoms with Crippen LogP contribution in [0.25, 0.3) is 10.9 Å². The van der Waals surface area contributed by atoms with Crippen molar-refractivity contribution in [2.24, 2.45) is 5.92 Å². The van der Waals surface area contributed by atoms with Crippen LogP contribution in [0.4, 0.5) is 13.2 Å². The maximum atomic E-state index is 15.2. The zero-order valence-electron chi connectivity index (χ0n) is 20.8. The lowest BCUT2D eigenvalue weighted by atomic mass is 9.64. The Morgan fingerprint density at radius 1 is 0.868 bits per heavy atom. The maximum absolute atomic E-state index is 15.2. The average molecular weight is 528 g/mol. The zero-order valence-corrected chi connectivity index (χ0v) is 21.5. The highest BCUT2D eigenvalue weighted by molar-refractivity contribution is 6.31. The Morgan fingerprint density at radius 2 is 1.58 bits per heavy atom. The third-order valence-corrected chi connectivity index (χ3v) is 8.74. The Bertz CT molecular complexity index is 1670. The SMILES string of the molecule is Cc1ccc(C2(c3ccccc3)C3=CC=CC=CC3(C3CC3)c3c(C(F)(F)F)c4cc(Cl)ccc4n32)cc1. The van der Waals surface area contributed by atoms with Crippen LogP contribution >= 0.6 is 11.6 Å². The number of rotatable bonds is 3. The van der Waals surface area contributed by atoms with Gasteiger partial charge in [-0.1, -0.05) is 102 Å². The van der Waals surface area contributed by atoms with Crippen molar-refractivity contribution in [2.45, 2.75) is 36.9 Å². The zero-order chi connectivity index (χ0) is 26.3. The van der Waals surface area contributed by atoms with Crippen LogP contribution < -0.4 is 0 Å². The summed E-state index contributed by atoms with van der Waals surface area (Å²) in [4.78, 5) is 0. The summed E-state index contributed by atoms with van der Waals surface area (Å²) in [6.45, 7) is 2.03. The monoisotopic (exact) mass is 527 g/mol. The molecule has 0 spiro atoms. The molecule has 2 aliphatic carbocycles. The van der Waals surface area contributed by atoms with Gasteiger partial charge in [-0.15, -0.1) is 0 Å². The fourth-order valence-corrected chi connectivity index (χ4v) is 7.16. The molecule has 2 heterocycles. The van der Waals surface area contributed by atoms with E-state index in [1.807, 2.05) is 78.3 Å². The molecule has 0 radical (unpaired) electrons. The second-order valence-electron chi connectivity index (χ2n) is 10.6. The second-order valence-corrected chi connectivity index (χ2v) is 11.1. The summed E-state index contributed by atoms with van der Waals surface area (Å²) in [6.07, 6.45) is 7.11. The van der Waals surface area contributed by atoms with Crippen LogP contribution in [0.1, 0.15) is 40.8 Å². The van der Waals surface area contributed by atoms with E-state index in [9.17, 15) is 0 Å². The summed E-state index contributed by atoms with van der Waals surface area (Å²) in [5.74, 6) is 0.0700. The first-order valence-electron chi connectivity index (χ1n) is 12.9. The van der Waals surface area contributed by atoms with Gasteiger partial charge < -0.3 is 4.57 Å². The van der Waals surface area contributed by atoms with Gasteiger partial charge in [0.05, 0.1) is 16.5 Å². The van der Waals surface area contributed by atoms with Crippen molar-refractivity contribution in [2.75, 3.05) is 0 Å². The first kappa shape index (κ1) is 23.6. The molecule has 0 saturated heterocycles. The summed E-state index contributed by atoms with van der Waals surface area (Å²) in [6, 6.07) is 23.2. The fraction of sp³-hybridized carbons (Fsp3) is 0.212. The largest absolute Gasteiger partial charge is 0.418 e. The highest BCUT2D eigenvalue weighted by atomic mass is 35.5. The van der Waals surface area contributed by atoms with Crippen LogP contribution in [0.3, 0.4) is 0 Å². The van der Waals surface area contributed by atoms with Gasteiger partial charge in [0.15, 0.2) is 0 Å². The smallest absolute Gasteiger partial charge is 0.325 e. The molecule has 1 aromatic heterocycles. The number of fused-ring (bicyclic) bond motifs is 5. The predicted molar refractivity (Wildman–Crippen MR) is 147 cm³/mol. The lowest BCUT2D eigenvalue weighted by molar-refractivity contribution is -0.137. The quantitative estimate of drug-likeness (QED) is 0.250. The van der Waals surface area contributed by atoms with E-state index in [0.29, 0.717) is 16.2 Å². The summed E-state index contributed by atoms with van der Waals surface area (Å²) in [5, 5.41) is 0.444. The molecule has 1 nitrogen and oxygen atoms in total. The Morgan fingerprint density at radius 3 is 2.26 bits per heavy atom. The third-order valence-electron chi connectivity index (χ3n) is 8.50. The number of aryl methyl sites for hydroxylation is 1. The second kappa shape index (κ2) is 8.00. The Balaban J connectivity index is 1.78. The number of nitrogens with zero attached hydrogens (tertiary/aromatic N) is 1. The molecule has 0 bridgehead atoms. The van der Waals surface area contributed by atoms with Crippen molar-refractivity contribution in [3.8, 4) is 0 Å². The Labute approximate surface area is 224 Å². The highest BCUT2D eigenvalue weighted by Crippen LogP contribution is 2.67. The summed E-state index contributed by atoms with van der Waals surface area (Å²) < 4.78 is 47.7. The molecule has 1 fully saturated rings. The predicted octanol–water partition coefficient (Wildman–Crippen LogP) is 9.13. The first-order valence-corrected chi connectivity index (χ1v) is 13.3. The number of benzene rings is 3. The van der Waals surface area contributed by atoms with Crippen molar-refractivity contribution in [1.29, 1.82) is 0 Å². The number of hydrogen-bond acceptors (Lipinski definition) is 0. The molecule has 4 aromatic rings. The maximum Gasteiger partial charge on any atom is 0.418 e. The number of hydrogen-bond donors (Lipinski definition) is 0. The van der Waals surface area contributed by atoms with Crippen LogP contribution in [0, 0.1) is 12.8 Å². The number of halogens is 4. The minimum atomic E-state index is -4.57. The normalized spacial score (nSPS) is 24.3. The molecule has 3 aromatic carbocycles. The molecule has 3 aliphatic rings. The van der Waals surface area contributed by atoms with E-state index in [4.69, 9.17) is 11.6 Å². The van der Waals surface area contributed by atoms with Crippen LogP contribution in [0.5, 0.6) is 0 Å². The lowest BCUT2D eigenvalue weighted by Gasteiger charge is -2.39. The van der Waals surface area contributed by atoms with E-state index >= 15 is 13.2 Å². The lowest BCUT2D eigenvalue weighted by Crippen LogP contribution is -2.38. The van der Waals surface area contributed by atoms with Gasteiger partial charge >= 0.3 is 6.18 Å². The van der Waals surface area contributed by atoms with Gasteiger partial charge in [-0.3, -0.25) is 0 Å². The number of alkyl halides is 3. The Hall–Kier alpha value is -3.50. The molecule has 1 saturated carbocycles. The van der Waals surface area contributed by atoms with Crippen LogP contribution in [0.15, 0.2) is 109 Å². The van der Waals surface area contributed by atoms with Crippen LogP contribution in [0.2, 0.25) is 5.02 Å². The molecule has 190 valence electrons.